The van der Waals surface area contributed by atoms with E-state index in [-0.39, 0.29) is 29.4 Å². The van der Waals surface area contributed by atoms with Gasteiger partial charge in [0.05, 0.1) is 17.2 Å². The van der Waals surface area contributed by atoms with Crippen LogP contribution >= 0.6 is 0 Å². The van der Waals surface area contributed by atoms with Crippen molar-refractivity contribution in [3.63, 3.8) is 0 Å². The molecule has 5 nitrogen and oxygen atoms in total. The Morgan fingerprint density at radius 2 is 1.91 bits per heavy atom. The summed E-state index contributed by atoms with van der Waals surface area (Å²) >= 11 is 0. The van der Waals surface area contributed by atoms with Crippen LogP contribution in [0.5, 0.6) is 0 Å². The van der Waals surface area contributed by atoms with Crippen molar-refractivity contribution >= 4 is 11.6 Å². The molecule has 33 heavy (non-hydrogen) atoms. The zero-order valence-electron chi connectivity index (χ0n) is 18.9. The highest BCUT2D eigenvalue weighted by molar-refractivity contribution is 5.76. The Balaban J connectivity index is 1.41. The van der Waals surface area contributed by atoms with Crippen molar-refractivity contribution in [2.75, 3.05) is 37.7 Å². The van der Waals surface area contributed by atoms with E-state index >= 15 is 0 Å². The van der Waals surface area contributed by atoms with E-state index in [1.165, 1.54) is 31.7 Å². The summed E-state index contributed by atoms with van der Waals surface area (Å²) in [6, 6.07) is 5.46. The number of aliphatic hydroxyl groups excluding tert-OH is 1. The maximum absolute atomic E-state index is 13.4. The number of anilines is 1. The third-order valence-electron chi connectivity index (χ3n) is 8.18. The topological polar surface area (TPSA) is 67.6 Å². The van der Waals surface area contributed by atoms with Crippen molar-refractivity contribution in [1.82, 2.24) is 4.90 Å². The van der Waals surface area contributed by atoms with Crippen LogP contribution < -0.4 is 4.90 Å². The summed E-state index contributed by atoms with van der Waals surface area (Å²) in [5.74, 6) is 0.827. The first-order chi connectivity index (χ1) is 15.8. The number of hydrogen-bond donors (Lipinski definition) is 1. The molecular formula is C25H32F3N3O2. The molecule has 1 N–H and O–H groups in total. The van der Waals surface area contributed by atoms with Crippen molar-refractivity contribution < 1.29 is 23.1 Å². The van der Waals surface area contributed by atoms with Crippen LogP contribution in [0.4, 0.5) is 18.9 Å². The summed E-state index contributed by atoms with van der Waals surface area (Å²) in [6.45, 7) is 2.25. The lowest BCUT2D eigenvalue weighted by molar-refractivity contribution is -0.137. The van der Waals surface area contributed by atoms with E-state index in [4.69, 9.17) is 5.26 Å². The van der Waals surface area contributed by atoms with Gasteiger partial charge in [-0.15, -0.1) is 0 Å². The Morgan fingerprint density at radius 3 is 2.52 bits per heavy atom. The summed E-state index contributed by atoms with van der Waals surface area (Å²) < 4.78 is 40.3. The first-order valence-electron chi connectivity index (χ1n) is 12.0. The van der Waals surface area contributed by atoms with Crippen LogP contribution in [0.2, 0.25) is 0 Å². The second-order valence-electron chi connectivity index (χ2n) is 10.0. The van der Waals surface area contributed by atoms with E-state index < -0.39 is 11.7 Å². The fourth-order valence-electron chi connectivity index (χ4n) is 6.10. The van der Waals surface area contributed by atoms with Crippen molar-refractivity contribution in [1.29, 1.82) is 5.26 Å². The minimum absolute atomic E-state index is 0.0332. The first kappa shape index (κ1) is 23.9. The van der Waals surface area contributed by atoms with Gasteiger partial charge in [-0.1, -0.05) is 25.7 Å². The molecule has 1 unspecified atom stereocenters. The standard InChI is InChI=1S/C25H32F3N3O2/c26-25(27,28)22-13-21(7-6-19(22)14-29)31-15-20(16-32)24(17-31)9-11-30(12-10-24)23(33)8-5-18-3-1-2-4-18/h6-7,13,18,20,32H,1-5,8-12,15-17H2. The maximum Gasteiger partial charge on any atom is 0.417 e. The number of nitriles is 1. The largest absolute Gasteiger partial charge is 0.417 e. The predicted molar refractivity (Wildman–Crippen MR) is 118 cm³/mol. The predicted octanol–water partition coefficient (Wildman–Crippen LogP) is 4.58. The Hall–Kier alpha value is -2.27. The summed E-state index contributed by atoms with van der Waals surface area (Å²) in [6.07, 6.45) is 3.46. The van der Waals surface area contributed by atoms with Gasteiger partial charge in [-0.05, 0) is 48.8 Å². The van der Waals surface area contributed by atoms with Crippen LogP contribution in [0.25, 0.3) is 0 Å². The van der Waals surface area contributed by atoms with Crippen molar-refractivity contribution in [3.05, 3.63) is 29.3 Å². The third-order valence-corrected chi connectivity index (χ3v) is 8.18. The lowest BCUT2D eigenvalue weighted by Gasteiger charge is -2.42. The fraction of sp³-hybridized carbons (Fsp3) is 0.680. The van der Waals surface area contributed by atoms with E-state index in [1.54, 1.807) is 12.1 Å². The second-order valence-corrected chi connectivity index (χ2v) is 10.0. The number of halogens is 3. The van der Waals surface area contributed by atoms with Crippen LogP contribution in [0.3, 0.4) is 0 Å². The van der Waals surface area contributed by atoms with Crippen LogP contribution in [0.15, 0.2) is 18.2 Å². The summed E-state index contributed by atoms with van der Waals surface area (Å²) in [5, 5.41) is 19.1. The quantitative estimate of drug-likeness (QED) is 0.694. The van der Waals surface area contributed by atoms with Gasteiger partial charge in [-0.3, -0.25) is 4.79 Å². The third kappa shape index (κ3) is 4.98. The van der Waals surface area contributed by atoms with Crippen molar-refractivity contribution in [2.45, 2.75) is 57.5 Å². The minimum atomic E-state index is -4.60. The average molecular weight is 464 g/mol. The number of piperidine rings is 1. The van der Waals surface area contributed by atoms with Gasteiger partial charge in [-0.25, -0.2) is 0 Å². The number of hydrogen-bond acceptors (Lipinski definition) is 4. The molecule has 1 spiro atoms. The molecule has 8 heteroatoms. The molecule has 1 amide bonds. The molecule has 0 radical (unpaired) electrons. The average Bonchev–Trinajstić information content (AvgIpc) is 3.45. The molecule has 1 saturated carbocycles. The molecule has 3 aliphatic rings. The number of rotatable bonds is 5. The van der Waals surface area contributed by atoms with E-state index in [9.17, 15) is 23.1 Å². The normalized spacial score (nSPS) is 23.3. The smallest absolute Gasteiger partial charge is 0.396 e. The molecule has 180 valence electrons. The zero-order chi connectivity index (χ0) is 23.6. The summed E-state index contributed by atoms with van der Waals surface area (Å²) in [7, 11) is 0. The van der Waals surface area contributed by atoms with Gasteiger partial charge in [-0.2, -0.15) is 18.4 Å². The van der Waals surface area contributed by atoms with E-state index in [0.29, 0.717) is 44.2 Å². The van der Waals surface area contributed by atoms with E-state index in [2.05, 4.69) is 0 Å². The molecular weight excluding hydrogens is 431 g/mol. The Morgan fingerprint density at radius 1 is 1.21 bits per heavy atom. The molecule has 1 aromatic rings. The van der Waals surface area contributed by atoms with E-state index in [0.717, 1.165) is 25.3 Å². The fourth-order valence-corrected chi connectivity index (χ4v) is 6.10. The highest BCUT2D eigenvalue weighted by atomic mass is 19.4. The maximum atomic E-state index is 13.4. The molecule has 3 fully saturated rings. The van der Waals surface area contributed by atoms with Gasteiger partial charge in [0.2, 0.25) is 5.91 Å². The van der Waals surface area contributed by atoms with Gasteiger partial charge in [0, 0.05) is 50.8 Å². The van der Waals surface area contributed by atoms with Crippen LogP contribution in [0, 0.1) is 28.6 Å². The monoisotopic (exact) mass is 463 g/mol. The number of carbonyl (C=O) groups is 1. The van der Waals surface area contributed by atoms with Gasteiger partial charge in [0.1, 0.15) is 0 Å². The van der Waals surface area contributed by atoms with Gasteiger partial charge >= 0.3 is 6.18 Å². The minimum Gasteiger partial charge on any atom is -0.396 e. The van der Waals surface area contributed by atoms with E-state index in [1.807, 2.05) is 9.80 Å². The molecule has 2 saturated heterocycles. The van der Waals surface area contributed by atoms with Crippen LogP contribution in [0.1, 0.15) is 62.5 Å². The lowest BCUT2D eigenvalue weighted by atomic mass is 9.71. The Bertz CT molecular complexity index is 897. The number of carbonyl (C=O) groups excluding carboxylic acids is 1. The van der Waals surface area contributed by atoms with Gasteiger partial charge in [0.15, 0.2) is 0 Å². The highest BCUT2D eigenvalue weighted by Crippen LogP contribution is 2.46. The Kier molecular flexibility index (Phi) is 6.90. The molecule has 2 aliphatic heterocycles. The number of benzene rings is 1. The highest BCUT2D eigenvalue weighted by Gasteiger charge is 2.48. The number of likely N-dealkylation sites (tertiary alicyclic amines) is 1. The lowest BCUT2D eigenvalue weighted by Crippen LogP contribution is -2.47. The summed E-state index contributed by atoms with van der Waals surface area (Å²) in [5.41, 5.74) is -1.11. The summed E-state index contributed by atoms with van der Waals surface area (Å²) in [4.78, 5) is 16.5. The number of alkyl halides is 3. The van der Waals surface area contributed by atoms with Crippen molar-refractivity contribution in [2.24, 2.45) is 17.3 Å². The molecule has 1 aromatic carbocycles. The van der Waals surface area contributed by atoms with Gasteiger partial charge < -0.3 is 14.9 Å². The number of aliphatic hydroxyl groups is 1. The van der Waals surface area contributed by atoms with Crippen LogP contribution in [-0.2, 0) is 11.0 Å². The molecule has 2 heterocycles. The Labute approximate surface area is 193 Å². The number of amides is 1. The van der Waals surface area contributed by atoms with Crippen molar-refractivity contribution in [3.8, 4) is 6.07 Å². The van der Waals surface area contributed by atoms with Gasteiger partial charge in [0.25, 0.3) is 0 Å². The second kappa shape index (κ2) is 9.54. The molecule has 4 rings (SSSR count). The number of nitrogens with zero attached hydrogens (tertiary/aromatic N) is 3. The first-order valence-corrected chi connectivity index (χ1v) is 12.0. The SMILES string of the molecule is N#Cc1ccc(N2CC(CO)C3(CCN(C(=O)CCC4CCCC4)CC3)C2)cc1C(F)(F)F. The molecule has 1 atom stereocenters. The van der Waals surface area contributed by atoms with Crippen LogP contribution in [-0.4, -0.2) is 48.7 Å². The molecule has 0 aromatic heterocycles. The molecule has 1 aliphatic carbocycles. The zero-order valence-corrected chi connectivity index (χ0v) is 18.9. The molecule has 0 bridgehead atoms.